The average molecular weight is 192 g/mol. The van der Waals surface area contributed by atoms with Crippen LogP contribution in [-0.4, -0.2) is 12.0 Å². The lowest BCUT2D eigenvalue weighted by molar-refractivity contribution is -0.170. The Morgan fingerprint density at radius 1 is 1.54 bits per heavy atom. The number of carbonyl (C=O) groups is 1. The molecular weight excluding hydrogens is 185 g/mol. The van der Waals surface area contributed by atoms with E-state index in [1.807, 2.05) is 0 Å². The second-order valence-corrected chi connectivity index (χ2v) is 2.62. The summed E-state index contributed by atoms with van der Waals surface area (Å²) >= 11 is 0. The van der Waals surface area contributed by atoms with Gasteiger partial charge < -0.3 is 4.42 Å². The highest BCUT2D eigenvalue weighted by Crippen LogP contribution is 2.20. The maximum Gasteiger partial charge on any atom is 0.450 e. The van der Waals surface area contributed by atoms with Crippen molar-refractivity contribution >= 4 is 5.78 Å². The van der Waals surface area contributed by atoms with Gasteiger partial charge in [0.1, 0.15) is 5.76 Å². The Balaban J connectivity index is 2.71. The molecular formula is C8H7F3O2. The third-order valence-electron chi connectivity index (χ3n) is 1.61. The Labute approximate surface area is 72.3 Å². The number of aryl methyl sites for hydroxylation is 1. The summed E-state index contributed by atoms with van der Waals surface area (Å²) in [5.74, 6) is -1.71. The van der Waals surface area contributed by atoms with Gasteiger partial charge in [-0.05, 0) is 18.6 Å². The summed E-state index contributed by atoms with van der Waals surface area (Å²) in [5.41, 5.74) is 0.553. The maximum atomic E-state index is 11.8. The zero-order valence-electron chi connectivity index (χ0n) is 6.81. The van der Waals surface area contributed by atoms with Crippen LogP contribution in [0.3, 0.4) is 0 Å². The molecule has 0 aliphatic carbocycles. The summed E-state index contributed by atoms with van der Waals surface area (Å²) < 4.78 is 40.1. The van der Waals surface area contributed by atoms with Gasteiger partial charge >= 0.3 is 6.18 Å². The molecule has 0 atom stereocenters. The van der Waals surface area contributed by atoms with Crippen LogP contribution < -0.4 is 0 Å². The molecule has 5 heteroatoms. The Morgan fingerprint density at radius 2 is 2.15 bits per heavy atom. The summed E-state index contributed by atoms with van der Waals surface area (Å²) in [7, 11) is 0. The summed E-state index contributed by atoms with van der Waals surface area (Å²) in [6.07, 6.45) is -4.24. The number of hydrogen-bond donors (Lipinski definition) is 0. The fourth-order valence-corrected chi connectivity index (χ4v) is 0.831. The van der Waals surface area contributed by atoms with Crippen LogP contribution in [0.15, 0.2) is 16.7 Å². The molecule has 2 nitrogen and oxygen atoms in total. The second kappa shape index (κ2) is 3.24. The summed E-state index contributed by atoms with van der Waals surface area (Å²) in [4.78, 5) is 10.5. The molecule has 1 aromatic rings. The molecule has 0 N–H and O–H groups in total. The van der Waals surface area contributed by atoms with Gasteiger partial charge in [0, 0.05) is 0 Å². The van der Waals surface area contributed by atoms with E-state index in [4.69, 9.17) is 4.42 Å². The number of Topliss-reactive ketones (excluding diaryl/α,β-unsaturated/α-hetero) is 1. The first-order valence-corrected chi connectivity index (χ1v) is 3.54. The topological polar surface area (TPSA) is 30.2 Å². The molecule has 1 rings (SSSR count). The van der Waals surface area contributed by atoms with E-state index >= 15 is 0 Å². The molecule has 1 aromatic heterocycles. The first kappa shape index (κ1) is 9.83. The van der Waals surface area contributed by atoms with E-state index in [1.54, 1.807) is 6.92 Å². The van der Waals surface area contributed by atoms with Crippen LogP contribution in [0.2, 0.25) is 0 Å². The predicted octanol–water partition coefficient (Wildman–Crippen LogP) is 2.26. The number of hydrogen-bond acceptors (Lipinski definition) is 2. The normalized spacial score (nSPS) is 11.7. The highest BCUT2D eigenvalue weighted by Gasteiger charge is 2.38. The van der Waals surface area contributed by atoms with Gasteiger partial charge in [0.15, 0.2) is 0 Å². The van der Waals surface area contributed by atoms with Crippen LogP contribution in [0.1, 0.15) is 11.3 Å². The number of ketones is 1. The van der Waals surface area contributed by atoms with Gasteiger partial charge in [-0.3, -0.25) is 4.79 Å². The van der Waals surface area contributed by atoms with E-state index in [0.717, 1.165) is 0 Å². The van der Waals surface area contributed by atoms with Crippen LogP contribution in [0.5, 0.6) is 0 Å². The highest BCUT2D eigenvalue weighted by atomic mass is 19.4. The zero-order valence-corrected chi connectivity index (χ0v) is 6.81. The summed E-state index contributed by atoms with van der Waals surface area (Å²) in [6.45, 7) is 1.59. The maximum absolute atomic E-state index is 11.8. The van der Waals surface area contributed by atoms with Gasteiger partial charge in [0.25, 0.3) is 0 Å². The lowest BCUT2D eigenvalue weighted by atomic mass is 10.1. The lowest BCUT2D eigenvalue weighted by Crippen LogP contribution is -2.24. The number of rotatable bonds is 2. The van der Waals surface area contributed by atoms with E-state index in [0.29, 0.717) is 5.56 Å². The molecule has 0 radical (unpaired) electrons. The van der Waals surface area contributed by atoms with Crippen molar-refractivity contribution < 1.29 is 22.4 Å². The molecule has 0 spiro atoms. The summed E-state index contributed by atoms with van der Waals surface area (Å²) in [6, 6.07) is 1.51. The minimum absolute atomic E-state index is 0.0716. The first-order chi connectivity index (χ1) is 5.91. The van der Waals surface area contributed by atoms with Crippen molar-refractivity contribution in [2.45, 2.75) is 19.5 Å². The van der Waals surface area contributed by atoms with Gasteiger partial charge in [-0.2, -0.15) is 13.2 Å². The van der Waals surface area contributed by atoms with Crippen molar-refractivity contribution in [3.05, 3.63) is 23.7 Å². The minimum Gasteiger partial charge on any atom is -0.469 e. The van der Waals surface area contributed by atoms with Crippen molar-refractivity contribution in [3.63, 3.8) is 0 Å². The Kier molecular flexibility index (Phi) is 2.45. The fourth-order valence-electron chi connectivity index (χ4n) is 0.831. The van der Waals surface area contributed by atoms with Gasteiger partial charge in [-0.1, -0.05) is 0 Å². The smallest absolute Gasteiger partial charge is 0.450 e. The third kappa shape index (κ3) is 2.34. The predicted molar refractivity (Wildman–Crippen MR) is 38.2 cm³/mol. The number of alkyl halides is 3. The minimum atomic E-state index is -4.78. The second-order valence-electron chi connectivity index (χ2n) is 2.62. The molecule has 0 aliphatic rings. The van der Waals surface area contributed by atoms with Crippen LogP contribution in [-0.2, 0) is 11.2 Å². The average Bonchev–Trinajstić information content (AvgIpc) is 2.34. The molecule has 0 aromatic carbocycles. The Hall–Kier alpha value is -1.26. The standard InChI is InChI=1S/C8H7F3O2/c1-5-2-3-13-6(5)4-7(12)8(9,10)11/h2-3H,4H2,1H3. The van der Waals surface area contributed by atoms with Crippen LogP contribution in [0.25, 0.3) is 0 Å². The first-order valence-electron chi connectivity index (χ1n) is 3.54. The Morgan fingerprint density at radius 3 is 2.54 bits per heavy atom. The summed E-state index contributed by atoms with van der Waals surface area (Å²) in [5, 5.41) is 0. The quantitative estimate of drug-likeness (QED) is 0.719. The van der Waals surface area contributed by atoms with Crippen LogP contribution in [0.4, 0.5) is 13.2 Å². The molecule has 0 bridgehead atoms. The molecule has 0 aliphatic heterocycles. The van der Waals surface area contributed by atoms with Gasteiger partial charge in [-0.25, -0.2) is 0 Å². The zero-order chi connectivity index (χ0) is 10.1. The number of halogens is 3. The molecule has 0 saturated heterocycles. The fraction of sp³-hybridized carbons (Fsp3) is 0.375. The lowest BCUT2D eigenvalue weighted by Gasteiger charge is -2.03. The molecule has 1 heterocycles. The largest absolute Gasteiger partial charge is 0.469 e. The van der Waals surface area contributed by atoms with Crippen molar-refractivity contribution in [1.29, 1.82) is 0 Å². The SMILES string of the molecule is Cc1ccoc1CC(=O)C(F)(F)F. The van der Waals surface area contributed by atoms with Crippen molar-refractivity contribution in [2.75, 3.05) is 0 Å². The van der Waals surface area contributed by atoms with Gasteiger partial charge in [-0.15, -0.1) is 0 Å². The van der Waals surface area contributed by atoms with E-state index in [-0.39, 0.29) is 5.76 Å². The van der Waals surface area contributed by atoms with E-state index in [2.05, 4.69) is 0 Å². The highest BCUT2D eigenvalue weighted by molar-refractivity contribution is 5.85. The van der Waals surface area contributed by atoms with Crippen LogP contribution >= 0.6 is 0 Å². The van der Waals surface area contributed by atoms with E-state index in [1.165, 1.54) is 12.3 Å². The Bertz CT molecular complexity index is 311. The van der Waals surface area contributed by atoms with Crippen molar-refractivity contribution in [1.82, 2.24) is 0 Å². The molecule has 72 valence electrons. The van der Waals surface area contributed by atoms with Gasteiger partial charge in [0.05, 0.1) is 12.7 Å². The van der Waals surface area contributed by atoms with Gasteiger partial charge in [0.2, 0.25) is 5.78 Å². The molecule has 0 amide bonds. The molecule has 0 saturated carbocycles. The van der Waals surface area contributed by atoms with E-state index in [9.17, 15) is 18.0 Å². The van der Waals surface area contributed by atoms with Crippen LogP contribution in [0, 0.1) is 6.92 Å². The number of furan rings is 1. The number of carbonyl (C=O) groups excluding carboxylic acids is 1. The molecule has 13 heavy (non-hydrogen) atoms. The molecule has 0 unspecified atom stereocenters. The monoisotopic (exact) mass is 192 g/mol. The third-order valence-corrected chi connectivity index (χ3v) is 1.61. The van der Waals surface area contributed by atoms with Crippen molar-refractivity contribution in [3.8, 4) is 0 Å². The van der Waals surface area contributed by atoms with E-state index < -0.39 is 18.4 Å². The molecule has 0 fully saturated rings. The van der Waals surface area contributed by atoms with Crippen molar-refractivity contribution in [2.24, 2.45) is 0 Å².